The van der Waals surface area contributed by atoms with Crippen molar-refractivity contribution < 1.29 is 21.7 Å². The molecule has 1 aliphatic rings. The van der Waals surface area contributed by atoms with E-state index in [1.165, 1.54) is 23.7 Å². The highest BCUT2D eigenvalue weighted by Gasteiger charge is 2.20. The van der Waals surface area contributed by atoms with E-state index in [-0.39, 0.29) is 0 Å². The largest absolute Gasteiger partial charge is 0.673 e. The van der Waals surface area contributed by atoms with Crippen LogP contribution in [0.3, 0.4) is 0 Å². The molecule has 0 radical (unpaired) electrons. The molecule has 1 heterocycles. The number of hydrogen-bond acceptors (Lipinski definition) is 1. The summed E-state index contributed by atoms with van der Waals surface area (Å²) in [4.78, 5) is 0. The second-order valence-electron chi connectivity index (χ2n) is 2.25. The topological polar surface area (TPSA) is 11.3 Å². The normalized spacial score (nSPS) is 19.9. The van der Waals surface area contributed by atoms with Gasteiger partial charge in [-0.15, -0.1) is 0 Å². The molecule has 1 saturated heterocycles. The van der Waals surface area contributed by atoms with Gasteiger partial charge in [0.2, 0.25) is 0 Å². The fraction of sp³-hybridized carbons (Fsp3) is 0.833. The third-order valence-corrected chi connectivity index (χ3v) is 2.23. The Balaban J connectivity index is 0.000000252. The molecule has 0 amide bonds. The molecule has 0 saturated carbocycles. The van der Waals surface area contributed by atoms with E-state index in [4.69, 9.17) is 4.42 Å². The fourth-order valence-corrected chi connectivity index (χ4v) is 1.76. The fourth-order valence-electron chi connectivity index (χ4n) is 0.750. The van der Waals surface area contributed by atoms with Crippen molar-refractivity contribution in [2.75, 3.05) is 12.4 Å². The van der Waals surface area contributed by atoms with Crippen LogP contribution in [0.2, 0.25) is 0 Å². The van der Waals surface area contributed by atoms with Crippen LogP contribution in [-0.4, -0.2) is 24.7 Å². The van der Waals surface area contributed by atoms with Crippen molar-refractivity contribution in [3.63, 3.8) is 0 Å². The molecule has 13 heavy (non-hydrogen) atoms. The first-order chi connectivity index (χ1) is 5.93. The van der Waals surface area contributed by atoms with Crippen molar-refractivity contribution in [3.05, 3.63) is 0 Å². The zero-order valence-corrected chi connectivity index (χ0v) is 8.05. The SMILES string of the molecule is CC[O+]=C1CCCS1.F[B-](F)(F)F. The average molecular weight is 218 g/mol. The van der Waals surface area contributed by atoms with Crippen molar-refractivity contribution >= 4 is 24.1 Å². The van der Waals surface area contributed by atoms with Gasteiger partial charge in [-0.25, -0.2) is 0 Å². The maximum atomic E-state index is 9.75. The summed E-state index contributed by atoms with van der Waals surface area (Å²) < 4.78 is 44.3. The quantitative estimate of drug-likeness (QED) is 0.374. The van der Waals surface area contributed by atoms with Crippen molar-refractivity contribution in [1.82, 2.24) is 0 Å². The Morgan fingerprint density at radius 3 is 2.23 bits per heavy atom. The summed E-state index contributed by atoms with van der Waals surface area (Å²) in [5.41, 5.74) is 0. The first-order valence-corrected chi connectivity index (χ1v) is 4.90. The lowest BCUT2D eigenvalue weighted by molar-refractivity contribution is -0.450. The summed E-state index contributed by atoms with van der Waals surface area (Å²) >= 11 is 1.86. The van der Waals surface area contributed by atoms with Gasteiger partial charge in [0.05, 0.1) is 6.42 Å². The maximum Gasteiger partial charge on any atom is 0.673 e. The van der Waals surface area contributed by atoms with Crippen LogP contribution in [0.15, 0.2) is 0 Å². The van der Waals surface area contributed by atoms with Crippen LogP contribution in [0, 0.1) is 0 Å². The molecule has 1 rings (SSSR count). The molecule has 0 aromatic rings. The molecule has 0 N–H and O–H groups in total. The van der Waals surface area contributed by atoms with E-state index in [0.717, 1.165) is 6.61 Å². The molecule has 1 nitrogen and oxygen atoms in total. The highest BCUT2D eigenvalue weighted by atomic mass is 32.2. The van der Waals surface area contributed by atoms with Crippen molar-refractivity contribution in [1.29, 1.82) is 0 Å². The van der Waals surface area contributed by atoms with Crippen LogP contribution in [0.25, 0.3) is 0 Å². The Morgan fingerprint density at radius 2 is 1.92 bits per heavy atom. The summed E-state index contributed by atoms with van der Waals surface area (Å²) in [5.74, 6) is 1.26. The van der Waals surface area contributed by atoms with Crippen LogP contribution in [0.4, 0.5) is 17.3 Å². The highest BCUT2D eigenvalue weighted by Crippen LogP contribution is 2.18. The van der Waals surface area contributed by atoms with E-state index in [0.29, 0.717) is 0 Å². The minimum Gasteiger partial charge on any atom is -0.418 e. The monoisotopic (exact) mass is 218 g/mol. The molecule has 0 aromatic heterocycles. The minimum atomic E-state index is -6.00. The first-order valence-electron chi connectivity index (χ1n) is 3.92. The van der Waals surface area contributed by atoms with Gasteiger partial charge in [-0.2, -0.15) is 0 Å². The maximum absolute atomic E-state index is 9.75. The Hall–Kier alpha value is -0.195. The molecule has 0 spiro atoms. The average Bonchev–Trinajstić information content (AvgIpc) is 2.36. The molecule has 7 heteroatoms. The van der Waals surface area contributed by atoms with Gasteiger partial charge in [0.15, 0.2) is 0 Å². The molecular formula is C6H11BF4OS. The van der Waals surface area contributed by atoms with Crippen LogP contribution in [0.5, 0.6) is 0 Å². The summed E-state index contributed by atoms with van der Waals surface area (Å²) in [6.45, 7) is 2.87. The number of halogens is 4. The second kappa shape index (κ2) is 6.29. The van der Waals surface area contributed by atoms with Gasteiger partial charge in [0, 0.05) is 12.7 Å². The van der Waals surface area contributed by atoms with E-state index >= 15 is 0 Å². The number of hydrogen-bond donors (Lipinski definition) is 0. The van der Waals surface area contributed by atoms with Gasteiger partial charge in [-0.3, -0.25) is 4.42 Å². The Bertz CT molecular complexity index is 157. The van der Waals surface area contributed by atoms with Gasteiger partial charge in [0.1, 0.15) is 0 Å². The van der Waals surface area contributed by atoms with Gasteiger partial charge < -0.3 is 17.3 Å². The minimum absolute atomic E-state index is 0.836. The Morgan fingerprint density at radius 1 is 1.38 bits per heavy atom. The standard InChI is InChI=1S/C6H11OS.BF4/c1-2-7-6-4-3-5-8-6;2-1(3,4)5/h2-5H2,1H3;/q+1;-1. The molecule has 0 aliphatic carbocycles. The lowest BCUT2D eigenvalue weighted by atomic mass is 10.3. The number of thioether (sulfide) groups is 1. The molecule has 0 aromatic carbocycles. The number of rotatable bonds is 1. The van der Waals surface area contributed by atoms with Crippen LogP contribution < -0.4 is 0 Å². The van der Waals surface area contributed by atoms with E-state index < -0.39 is 7.25 Å². The summed E-state index contributed by atoms with van der Waals surface area (Å²) in [6.07, 6.45) is 2.48. The Labute approximate surface area is 78.7 Å². The Kier molecular flexibility index (Phi) is 6.19. The zero-order valence-electron chi connectivity index (χ0n) is 7.23. The van der Waals surface area contributed by atoms with Gasteiger partial charge in [0.25, 0.3) is 6.61 Å². The van der Waals surface area contributed by atoms with E-state index in [9.17, 15) is 17.3 Å². The lowest BCUT2D eigenvalue weighted by Crippen LogP contribution is -2.02. The molecular weight excluding hydrogens is 207 g/mol. The number of carbonyl (C=O) groups excluding carboxylic acids is 1. The van der Waals surface area contributed by atoms with Crippen molar-refractivity contribution in [2.45, 2.75) is 19.8 Å². The zero-order chi connectivity index (χ0) is 10.3. The van der Waals surface area contributed by atoms with E-state index in [1.807, 2.05) is 18.7 Å². The highest BCUT2D eigenvalue weighted by molar-refractivity contribution is 8.14. The molecule has 0 unspecified atom stereocenters. The molecule has 1 fully saturated rings. The molecule has 0 bridgehead atoms. The van der Waals surface area contributed by atoms with Gasteiger partial charge in [-0.1, -0.05) is 0 Å². The van der Waals surface area contributed by atoms with Crippen LogP contribution >= 0.6 is 11.8 Å². The molecule has 1 aliphatic heterocycles. The second-order valence-corrected chi connectivity index (χ2v) is 3.40. The third kappa shape index (κ3) is 11.8. The van der Waals surface area contributed by atoms with Crippen LogP contribution in [-0.2, 0) is 4.42 Å². The summed E-state index contributed by atoms with van der Waals surface area (Å²) in [5, 5.41) is 1.24. The smallest absolute Gasteiger partial charge is 0.418 e. The predicted molar refractivity (Wildman–Crippen MR) is 47.4 cm³/mol. The third-order valence-electron chi connectivity index (χ3n) is 1.09. The van der Waals surface area contributed by atoms with Crippen molar-refractivity contribution in [2.24, 2.45) is 0 Å². The molecule has 0 atom stereocenters. The van der Waals surface area contributed by atoms with Crippen molar-refractivity contribution in [3.8, 4) is 0 Å². The summed E-state index contributed by atoms with van der Waals surface area (Å²) in [7, 11) is -6.00. The summed E-state index contributed by atoms with van der Waals surface area (Å²) in [6, 6.07) is 0. The van der Waals surface area contributed by atoms with Gasteiger partial charge in [-0.05, 0) is 18.2 Å². The predicted octanol–water partition coefficient (Wildman–Crippen LogP) is 2.90. The molecule has 78 valence electrons. The van der Waals surface area contributed by atoms with E-state index in [1.54, 1.807) is 0 Å². The van der Waals surface area contributed by atoms with Crippen LogP contribution in [0.1, 0.15) is 19.8 Å². The lowest BCUT2D eigenvalue weighted by Gasteiger charge is -1.94. The first kappa shape index (κ1) is 12.8. The van der Waals surface area contributed by atoms with Gasteiger partial charge >= 0.3 is 12.4 Å². The van der Waals surface area contributed by atoms with E-state index in [2.05, 4.69) is 0 Å².